The van der Waals surface area contributed by atoms with Crippen LogP contribution in [-0.2, 0) is 6.42 Å². The van der Waals surface area contributed by atoms with Crippen LogP contribution in [0.2, 0.25) is 0 Å². The molecular formula is C17H20O. The molecule has 2 aromatic rings. The Labute approximate surface area is 109 Å². The van der Waals surface area contributed by atoms with Gasteiger partial charge in [-0.25, -0.2) is 0 Å². The Hall–Kier alpha value is -1.76. The summed E-state index contributed by atoms with van der Waals surface area (Å²) >= 11 is 0. The average Bonchev–Trinajstić information content (AvgIpc) is 2.38. The molecule has 0 aliphatic rings. The van der Waals surface area contributed by atoms with Crippen molar-refractivity contribution in [3.05, 3.63) is 65.2 Å². The molecule has 0 saturated heterocycles. The van der Waals surface area contributed by atoms with Gasteiger partial charge in [-0.1, -0.05) is 48.5 Å². The summed E-state index contributed by atoms with van der Waals surface area (Å²) in [4.78, 5) is 0. The quantitative estimate of drug-likeness (QED) is 0.707. The van der Waals surface area contributed by atoms with Crippen LogP contribution in [-0.4, -0.2) is 6.61 Å². The molecule has 1 nitrogen and oxygen atoms in total. The molecule has 0 spiro atoms. The van der Waals surface area contributed by atoms with Crippen molar-refractivity contribution in [2.75, 3.05) is 6.61 Å². The van der Waals surface area contributed by atoms with Crippen molar-refractivity contribution in [1.29, 1.82) is 0 Å². The van der Waals surface area contributed by atoms with E-state index in [1.165, 1.54) is 16.7 Å². The van der Waals surface area contributed by atoms with E-state index in [1.807, 2.05) is 0 Å². The summed E-state index contributed by atoms with van der Waals surface area (Å²) in [6, 6.07) is 16.8. The lowest BCUT2D eigenvalue weighted by molar-refractivity contribution is 0.307. The van der Waals surface area contributed by atoms with Crippen LogP contribution in [0.25, 0.3) is 0 Å². The van der Waals surface area contributed by atoms with Gasteiger partial charge in [0.15, 0.2) is 0 Å². The highest BCUT2D eigenvalue weighted by atomic mass is 16.5. The zero-order valence-corrected chi connectivity index (χ0v) is 11.1. The van der Waals surface area contributed by atoms with Crippen LogP contribution >= 0.6 is 0 Å². The van der Waals surface area contributed by atoms with Gasteiger partial charge in [0.1, 0.15) is 5.75 Å². The SMILES string of the molecule is Cc1cccc(C)c1OCCCc1ccccc1. The second-order valence-electron chi connectivity index (χ2n) is 4.66. The van der Waals surface area contributed by atoms with E-state index in [-0.39, 0.29) is 0 Å². The zero-order chi connectivity index (χ0) is 12.8. The lowest BCUT2D eigenvalue weighted by Crippen LogP contribution is -2.02. The van der Waals surface area contributed by atoms with E-state index in [0.717, 1.165) is 25.2 Å². The van der Waals surface area contributed by atoms with Crippen LogP contribution in [0.5, 0.6) is 5.75 Å². The first kappa shape index (κ1) is 12.7. The van der Waals surface area contributed by atoms with E-state index in [4.69, 9.17) is 4.74 Å². The summed E-state index contributed by atoms with van der Waals surface area (Å²) < 4.78 is 5.89. The van der Waals surface area contributed by atoms with Gasteiger partial charge < -0.3 is 4.74 Å². The predicted molar refractivity (Wildman–Crippen MR) is 76.2 cm³/mol. The Balaban J connectivity index is 1.82. The number of rotatable bonds is 5. The van der Waals surface area contributed by atoms with Crippen molar-refractivity contribution in [2.24, 2.45) is 0 Å². The number of hydrogen-bond donors (Lipinski definition) is 0. The topological polar surface area (TPSA) is 9.23 Å². The van der Waals surface area contributed by atoms with Crippen molar-refractivity contribution in [1.82, 2.24) is 0 Å². The second-order valence-corrected chi connectivity index (χ2v) is 4.66. The lowest BCUT2D eigenvalue weighted by atomic mass is 10.1. The molecule has 1 heteroatoms. The maximum atomic E-state index is 5.89. The number of hydrogen-bond acceptors (Lipinski definition) is 1. The molecular weight excluding hydrogens is 220 g/mol. The molecule has 0 atom stereocenters. The third-order valence-electron chi connectivity index (χ3n) is 3.11. The smallest absolute Gasteiger partial charge is 0.125 e. The molecule has 0 aliphatic carbocycles. The third-order valence-corrected chi connectivity index (χ3v) is 3.11. The number of aryl methyl sites for hydroxylation is 3. The van der Waals surface area contributed by atoms with E-state index >= 15 is 0 Å². The van der Waals surface area contributed by atoms with Gasteiger partial charge in [0.2, 0.25) is 0 Å². The minimum absolute atomic E-state index is 0.778. The highest BCUT2D eigenvalue weighted by Gasteiger charge is 2.02. The van der Waals surface area contributed by atoms with Gasteiger partial charge in [-0.3, -0.25) is 0 Å². The Morgan fingerprint density at radius 3 is 2.17 bits per heavy atom. The van der Waals surface area contributed by atoms with Crippen molar-refractivity contribution in [3.8, 4) is 5.75 Å². The fraction of sp³-hybridized carbons (Fsp3) is 0.294. The fourth-order valence-electron chi connectivity index (χ4n) is 2.12. The van der Waals surface area contributed by atoms with E-state index < -0.39 is 0 Å². The molecule has 18 heavy (non-hydrogen) atoms. The summed E-state index contributed by atoms with van der Waals surface area (Å²) in [7, 11) is 0. The highest BCUT2D eigenvalue weighted by molar-refractivity contribution is 5.39. The molecule has 2 aromatic carbocycles. The number of para-hydroxylation sites is 1. The first-order valence-electron chi connectivity index (χ1n) is 6.50. The van der Waals surface area contributed by atoms with Crippen molar-refractivity contribution < 1.29 is 4.74 Å². The van der Waals surface area contributed by atoms with Crippen molar-refractivity contribution in [3.63, 3.8) is 0 Å². The Morgan fingerprint density at radius 2 is 1.50 bits per heavy atom. The van der Waals surface area contributed by atoms with Crippen LogP contribution in [0.15, 0.2) is 48.5 Å². The van der Waals surface area contributed by atoms with Crippen LogP contribution < -0.4 is 4.74 Å². The van der Waals surface area contributed by atoms with Crippen LogP contribution in [0.1, 0.15) is 23.1 Å². The Morgan fingerprint density at radius 1 is 0.833 bits per heavy atom. The van der Waals surface area contributed by atoms with Crippen molar-refractivity contribution in [2.45, 2.75) is 26.7 Å². The monoisotopic (exact) mass is 240 g/mol. The molecule has 2 rings (SSSR count). The molecule has 94 valence electrons. The molecule has 0 amide bonds. The average molecular weight is 240 g/mol. The minimum atomic E-state index is 0.778. The minimum Gasteiger partial charge on any atom is -0.493 e. The van der Waals surface area contributed by atoms with Crippen LogP contribution in [0.4, 0.5) is 0 Å². The van der Waals surface area contributed by atoms with Gasteiger partial charge in [0.05, 0.1) is 6.61 Å². The summed E-state index contributed by atoms with van der Waals surface area (Å²) in [6.45, 7) is 4.97. The third kappa shape index (κ3) is 3.36. The van der Waals surface area contributed by atoms with Gasteiger partial charge in [-0.05, 0) is 43.4 Å². The van der Waals surface area contributed by atoms with Gasteiger partial charge in [-0.15, -0.1) is 0 Å². The summed E-state index contributed by atoms with van der Waals surface area (Å²) in [6.07, 6.45) is 2.13. The van der Waals surface area contributed by atoms with E-state index in [9.17, 15) is 0 Å². The second kappa shape index (κ2) is 6.25. The van der Waals surface area contributed by atoms with Gasteiger partial charge in [0.25, 0.3) is 0 Å². The summed E-state index contributed by atoms with van der Waals surface area (Å²) in [5.74, 6) is 1.05. The van der Waals surface area contributed by atoms with Crippen LogP contribution in [0.3, 0.4) is 0 Å². The molecule has 0 heterocycles. The Bertz CT molecular complexity index is 468. The first-order valence-corrected chi connectivity index (χ1v) is 6.50. The predicted octanol–water partition coefficient (Wildman–Crippen LogP) is 4.32. The molecule has 0 saturated carbocycles. The standard InChI is InChI=1S/C17H20O/c1-14-8-6-9-15(2)17(14)18-13-7-12-16-10-4-3-5-11-16/h3-6,8-11H,7,12-13H2,1-2H3. The zero-order valence-electron chi connectivity index (χ0n) is 11.1. The van der Waals surface area contributed by atoms with Crippen molar-refractivity contribution >= 4 is 0 Å². The van der Waals surface area contributed by atoms with E-state index in [0.29, 0.717) is 0 Å². The maximum Gasteiger partial charge on any atom is 0.125 e. The van der Waals surface area contributed by atoms with Gasteiger partial charge >= 0.3 is 0 Å². The molecule has 0 radical (unpaired) electrons. The first-order chi connectivity index (χ1) is 8.77. The van der Waals surface area contributed by atoms with Gasteiger partial charge in [0, 0.05) is 0 Å². The lowest BCUT2D eigenvalue weighted by Gasteiger charge is -2.11. The normalized spacial score (nSPS) is 10.3. The van der Waals surface area contributed by atoms with Crippen LogP contribution in [0, 0.1) is 13.8 Å². The number of ether oxygens (including phenoxy) is 1. The molecule has 0 aliphatic heterocycles. The summed E-state index contributed by atoms with van der Waals surface area (Å²) in [5.41, 5.74) is 3.81. The van der Waals surface area contributed by atoms with E-state index in [1.54, 1.807) is 0 Å². The largest absolute Gasteiger partial charge is 0.493 e. The highest BCUT2D eigenvalue weighted by Crippen LogP contribution is 2.22. The summed E-state index contributed by atoms with van der Waals surface area (Å²) in [5, 5.41) is 0. The molecule has 0 aromatic heterocycles. The maximum absolute atomic E-state index is 5.89. The molecule has 0 unspecified atom stereocenters. The Kier molecular flexibility index (Phi) is 4.40. The van der Waals surface area contributed by atoms with Gasteiger partial charge in [-0.2, -0.15) is 0 Å². The fourth-order valence-corrected chi connectivity index (χ4v) is 2.12. The van der Waals surface area contributed by atoms with E-state index in [2.05, 4.69) is 62.4 Å². The molecule has 0 fully saturated rings. The molecule has 0 bridgehead atoms. The number of benzene rings is 2. The molecule has 0 N–H and O–H groups in total.